The molecular formula is C23H22N2O2. The second-order valence-electron chi connectivity index (χ2n) is 6.78. The molecular weight excluding hydrogens is 336 g/mol. The zero-order valence-electron chi connectivity index (χ0n) is 15.0. The largest absolute Gasteiger partial charge is 0.487 e. The molecule has 0 aromatic heterocycles. The van der Waals surface area contributed by atoms with Crippen molar-refractivity contribution in [1.29, 1.82) is 0 Å². The highest BCUT2D eigenvalue weighted by Crippen LogP contribution is 2.33. The lowest BCUT2D eigenvalue weighted by Gasteiger charge is -2.44. The summed E-state index contributed by atoms with van der Waals surface area (Å²) in [6.07, 6.45) is 0.0421. The Morgan fingerprint density at radius 2 is 1.37 bits per heavy atom. The van der Waals surface area contributed by atoms with Gasteiger partial charge in [-0.15, -0.1) is 0 Å². The van der Waals surface area contributed by atoms with Crippen molar-refractivity contribution in [2.45, 2.75) is 12.1 Å². The molecule has 0 atom stereocenters. The molecule has 0 radical (unpaired) electrons. The van der Waals surface area contributed by atoms with Crippen molar-refractivity contribution in [3.05, 3.63) is 102 Å². The van der Waals surface area contributed by atoms with Gasteiger partial charge in [0.05, 0.1) is 11.6 Å². The fraction of sp³-hybridized carbons (Fsp3) is 0.174. The standard InChI is InChI=1S/C23H22N2O2/c24-23(26)20-13-7-8-14-21(20)27-19-15-25(16-19)22(17-9-3-1-4-10-17)18-11-5-2-6-12-18/h1-14,19,22H,15-16H2,(H2,24,26). The number of hydrogen-bond acceptors (Lipinski definition) is 3. The predicted molar refractivity (Wildman–Crippen MR) is 106 cm³/mol. The monoisotopic (exact) mass is 358 g/mol. The van der Waals surface area contributed by atoms with Gasteiger partial charge >= 0.3 is 0 Å². The molecule has 136 valence electrons. The average Bonchev–Trinajstić information content (AvgIpc) is 2.68. The fourth-order valence-corrected chi connectivity index (χ4v) is 3.59. The number of primary amides is 1. The number of likely N-dealkylation sites (tertiary alicyclic amines) is 1. The van der Waals surface area contributed by atoms with Gasteiger partial charge in [-0.3, -0.25) is 9.69 Å². The summed E-state index contributed by atoms with van der Waals surface area (Å²) in [7, 11) is 0. The predicted octanol–water partition coefficient (Wildman–Crippen LogP) is 3.64. The Morgan fingerprint density at radius 3 is 1.93 bits per heavy atom. The average molecular weight is 358 g/mol. The molecule has 1 amide bonds. The first-order valence-electron chi connectivity index (χ1n) is 9.12. The number of nitrogens with two attached hydrogens (primary N) is 1. The van der Waals surface area contributed by atoms with E-state index < -0.39 is 5.91 Å². The van der Waals surface area contributed by atoms with E-state index >= 15 is 0 Å². The molecule has 0 bridgehead atoms. The lowest BCUT2D eigenvalue weighted by Crippen LogP contribution is -2.55. The number of ether oxygens (including phenoxy) is 1. The lowest BCUT2D eigenvalue weighted by atomic mass is 9.94. The van der Waals surface area contributed by atoms with Crippen molar-refractivity contribution in [3.63, 3.8) is 0 Å². The van der Waals surface area contributed by atoms with Gasteiger partial charge in [0, 0.05) is 13.1 Å². The molecule has 1 saturated heterocycles. The van der Waals surface area contributed by atoms with Crippen LogP contribution in [0.5, 0.6) is 5.75 Å². The van der Waals surface area contributed by atoms with Gasteiger partial charge in [-0.05, 0) is 23.3 Å². The van der Waals surface area contributed by atoms with Crippen molar-refractivity contribution >= 4 is 5.91 Å². The van der Waals surface area contributed by atoms with Crippen molar-refractivity contribution in [2.24, 2.45) is 5.73 Å². The van der Waals surface area contributed by atoms with Crippen LogP contribution in [0.4, 0.5) is 0 Å². The van der Waals surface area contributed by atoms with Gasteiger partial charge in [-0.1, -0.05) is 72.8 Å². The summed E-state index contributed by atoms with van der Waals surface area (Å²) < 4.78 is 6.05. The highest BCUT2D eigenvalue weighted by molar-refractivity contribution is 5.95. The molecule has 4 rings (SSSR count). The van der Waals surface area contributed by atoms with Crippen LogP contribution in [0.2, 0.25) is 0 Å². The molecule has 0 aliphatic carbocycles. The summed E-state index contributed by atoms with van der Waals surface area (Å²) in [5.41, 5.74) is 8.40. The summed E-state index contributed by atoms with van der Waals surface area (Å²) in [6.45, 7) is 1.59. The van der Waals surface area contributed by atoms with E-state index in [1.165, 1.54) is 11.1 Å². The summed E-state index contributed by atoms with van der Waals surface area (Å²) in [4.78, 5) is 14.0. The molecule has 0 unspecified atom stereocenters. The van der Waals surface area contributed by atoms with E-state index in [-0.39, 0.29) is 12.1 Å². The van der Waals surface area contributed by atoms with E-state index in [4.69, 9.17) is 10.5 Å². The Labute approximate surface area is 159 Å². The van der Waals surface area contributed by atoms with Crippen LogP contribution >= 0.6 is 0 Å². The first-order valence-corrected chi connectivity index (χ1v) is 9.12. The van der Waals surface area contributed by atoms with E-state index in [2.05, 4.69) is 53.4 Å². The fourth-order valence-electron chi connectivity index (χ4n) is 3.59. The topological polar surface area (TPSA) is 55.6 Å². The molecule has 2 N–H and O–H groups in total. The Kier molecular flexibility index (Phi) is 4.90. The lowest BCUT2D eigenvalue weighted by molar-refractivity contribution is -0.0000698. The van der Waals surface area contributed by atoms with Crippen LogP contribution in [0, 0.1) is 0 Å². The highest BCUT2D eigenvalue weighted by Gasteiger charge is 2.35. The second kappa shape index (κ2) is 7.64. The van der Waals surface area contributed by atoms with E-state index in [9.17, 15) is 4.79 Å². The normalized spacial score (nSPS) is 14.7. The molecule has 1 aliphatic rings. The van der Waals surface area contributed by atoms with Crippen LogP contribution in [-0.4, -0.2) is 30.0 Å². The van der Waals surface area contributed by atoms with Crippen LogP contribution in [0.1, 0.15) is 27.5 Å². The first-order chi connectivity index (χ1) is 13.2. The minimum Gasteiger partial charge on any atom is -0.487 e. The van der Waals surface area contributed by atoms with Crippen molar-refractivity contribution < 1.29 is 9.53 Å². The maximum atomic E-state index is 11.6. The number of benzene rings is 3. The van der Waals surface area contributed by atoms with Gasteiger partial charge < -0.3 is 10.5 Å². The van der Waals surface area contributed by atoms with Crippen LogP contribution in [0.25, 0.3) is 0 Å². The van der Waals surface area contributed by atoms with E-state index in [1.807, 2.05) is 18.2 Å². The third-order valence-corrected chi connectivity index (χ3v) is 4.92. The van der Waals surface area contributed by atoms with Gasteiger partial charge in [0.15, 0.2) is 0 Å². The molecule has 3 aromatic rings. The summed E-state index contributed by atoms with van der Waals surface area (Å²) >= 11 is 0. The van der Waals surface area contributed by atoms with Crippen molar-refractivity contribution in [2.75, 3.05) is 13.1 Å². The van der Waals surface area contributed by atoms with Crippen LogP contribution in [0.3, 0.4) is 0 Å². The zero-order valence-corrected chi connectivity index (χ0v) is 15.0. The molecule has 1 fully saturated rings. The number of nitrogens with zero attached hydrogens (tertiary/aromatic N) is 1. The van der Waals surface area contributed by atoms with Gasteiger partial charge in [0.1, 0.15) is 11.9 Å². The molecule has 0 saturated carbocycles. The number of amides is 1. The molecule has 1 aliphatic heterocycles. The van der Waals surface area contributed by atoms with E-state index in [1.54, 1.807) is 18.2 Å². The minimum absolute atomic E-state index is 0.0421. The molecule has 0 spiro atoms. The molecule has 1 heterocycles. The SMILES string of the molecule is NC(=O)c1ccccc1OC1CN(C(c2ccccc2)c2ccccc2)C1. The molecule has 4 heteroatoms. The van der Waals surface area contributed by atoms with Crippen molar-refractivity contribution in [3.8, 4) is 5.75 Å². The zero-order chi connectivity index (χ0) is 18.6. The Hall–Kier alpha value is -3.11. The number of rotatable bonds is 6. The summed E-state index contributed by atoms with van der Waals surface area (Å²) in [5, 5.41) is 0. The number of carbonyl (C=O) groups is 1. The van der Waals surface area contributed by atoms with Gasteiger partial charge in [-0.25, -0.2) is 0 Å². The summed E-state index contributed by atoms with van der Waals surface area (Å²) in [6, 6.07) is 28.3. The third kappa shape index (κ3) is 3.71. The maximum Gasteiger partial charge on any atom is 0.252 e. The van der Waals surface area contributed by atoms with Crippen LogP contribution < -0.4 is 10.5 Å². The number of carbonyl (C=O) groups excluding carboxylic acids is 1. The highest BCUT2D eigenvalue weighted by atomic mass is 16.5. The van der Waals surface area contributed by atoms with Crippen molar-refractivity contribution in [1.82, 2.24) is 4.90 Å². The summed E-state index contributed by atoms with van der Waals surface area (Å²) in [5.74, 6) is 0.0962. The van der Waals surface area contributed by atoms with Gasteiger partial charge in [0.2, 0.25) is 0 Å². The van der Waals surface area contributed by atoms with Crippen LogP contribution in [0.15, 0.2) is 84.9 Å². The minimum atomic E-state index is -0.465. The number of hydrogen-bond donors (Lipinski definition) is 1. The molecule has 4 nitrogen and oxygen atoms in total. The first kappa shape index (κ1) is 17.3. The van der Waals surface area contributed by atoms with Gasteiger partial charge in [0.25, 0.3) is 5.91 Å². The van der Waals surface area contributed by atoms with E-state index in [0.29, 0.717) is 11.3 Å². The van der Waals surface area contributed by atoms with E-state index in [0.717, 1.165) is 13.1 Å². The van der Waals surface area contributed by atoms with Crippen LogP contribution in [-0.2, 0) is 0 Å². The smallest absolute Gasteiger partial charge is 0.252 e. The number of para-hydroxylation sites is 1. The Bertz CT molecular complexity index is 866. The third-order valence-electron chi connectivity index (χ3n) is 4.92. The quantitative estimate of drug-likeness (QED) is 0.732. The molecule has 27 heavy (non-hydrogen) atoms. The molecule has 3 aromatic carbocycles. The Morgan fingerprint density at radius 1 is 0.852 bits per heavy atom. The second-order valence-corrected chi connectivity index (χ2v) is 6.78. The van der Waals surface area contributed by atoms with Gasteiger partial charge in [-0.2, -0.15) is 0 Å². The maximum absolute atomic E-state index is 11.6. The Balaban J connectivity index is 1.50.